The van der Waals surface area contributed by atoms with E-state index >= 15 is 0 Å². The minimum atomic E-state index is -0.834. The van der Waals surface area contributed by atoms with Crippen molar-refractivity contribution in [1.82, 2.24) is 9.61 Å². The Morgan fingerprint density at radius 3 is 2.70 bits per heavy atom. The van der Waals surface area contributed by atoms with Crippen molar-refractivity contribution in [2.45, 2.75) is 52.2 Å². The minimum Gasteiger partial charge on any atom is -0.462 e. The quantitative estimate of drug-likeness (QED) is 0.689. The first-order valence-corrected chi connectivity index (χ1v) is 9.05. The summed E-state index contributed by atoms with van der Waals surface area (Å²) in [4.78, 5) is 24.0. The summed E-state index contributed by atoms with van der Waals surface area (Å²) in [6.45, 7) is 7.80. The molecule has 2 heterocycles. The second-order valence-electron chi connectivity index (χ2n) is 7.81. The van der Waals surface area contributed by atoms with E-state index in [0.717, 1.165) is 6.42 Å². The molecule has 0 radical (unpaired) electrons. The highest BCUT2D eigenvalue weighted by molar-refractivity contribution is 6.03. The van der Waals surface area contributed by atoms with Crippen molar-refractivity contribution in [2.24, 2.45) is 11.1 Å². The monoisotopic (exact) mass is 374 g/mol. The van der Waals surface area contributed by atoms with Crippen molar-refractivity contribution in [1.29, 1.82) is 0 Å². The Morgan fingerprint density at radius 2 is 2.15 bits per heavy atom. The summed E-state index contributed by atoms with van der Waals surface area (Å²) in [5.74, 6) is -1.08. The topological polar surface area (TPSA) is 119 Å². The molecule has 3 rings (SSSR count). The van der Waals surface area contributed by atoms with Gasteiger partial charge in [-0.15, -0.1) is 0 Å². The summed E-state index contributed by atoms with van der Waals surface area (Å²) < 4.78 is 6.56. The van der Waals surface area contributed by atoms with Gasteiger partial charge in [-0.3, -0.25) is 4.79 Å². The lowest BCUT2D eigenvalue weighted by atomic mass is 9.76. The first kappa shape index (κ1) is 19.2. The molecule has 1 aliphatic carbocycles. The largest absolute Gasteiger partial charge is 0.462 e. The molecule has 0 spiro atoms. The smallest absolute Gasteiger partial charge is 0.339 e. The molecule has 8 heteroatoms. The van der Waals surface area contributed by atoms with Crippen LogP contribution in [0.1, 0.15) is 61.3 Å². The summed E-state index contributed by atoms with van der Waals surface area (Å²) >= 11 is 0. The Bertz CT molecular complexity index is 900. The molecule has 1 saturated carbocycles. The van der Waals surface area contributed by atoms with E-state index in [2.05, 4.69) is 10.4 Å². The molecular weight excluding hydrogens is 348 g/mol. The number of primary amides is 1. The van der Waals surface area contributed by atoms with Gasteiger partial charge in [-0.05, 0) is 32.8 Å². The van der Waals surface area contributed by atoms with Crippen LogP contribution in [0, 0.1) is 5.41 Å². The van der Waals surface area contributed by atoms with E-state index in [4.69, 9.17) is 10.5 Å². The van der Waals surface area contributed by atoms with Crippen molar-refractivity contribution < 1.29 is 19.4 Å². The zero-order chi connectivity index (χ0) is 20.0. The zero-order valence-electron chi connectivity index (χ0n) is 16.1. The number of nitrogens with one attached hydrogen (secondary N) is 1. The fraction of sp³-hybridized carbons (Fsp3) is 0.526. The van der Waals surface area contributed by atoms with E-state index in [9.17, 15) is 14.7 Å². The number of carbonyl (C=O) groups excluding carboxylic acids is 2. The lowest BCUT2D eigenvalue weighted by Crippen LogP contribution is -2.45. The van der Waals surface area contributed by atoms with E-state index < -0.39 is 22.9 Å². The molecule has 0 unspecified atom stereocenters. The normalized spacial score (nSPS) is 24.1. The van der Waals surface area contributed by atoms with Gasteiger partial charge < -0.3 is 20.9 Å². The average Bonchev–Trinajstić information content (AvgIpc) is 3.09. The maximum absolute atomic E-state index is 12.1. The lowest BCUT2D eigenvalue weighted by molar-refractivity contribution is -0.0283. The number of amides is 1. The number of rotatable bonds is 5. The summed E-state index contributed by atoms with van der Waals surface area (Å²) in [5, 5.41) is 18.3. The van der Waals surface area contributed by atoms with Gasteiger partial charge in [0.1, 0.15) is 0 Å². The number of aromatic nitrogens is 2. The van der Waals surface area contributed by atoms with Crippen LogP contribution in [0.5, 0.6) is 0 Å². The predicted octanol–water partition coefficient (Wildman–Crippen LogP) is 1.96. The molecule has 1 amide bonds. The highest BCUT2D eigenvalue weighted by atomic mass is 16.5. The average molecular weight is 374 g/mol. The number of hydrogen-bond acceptors (Lipinski definition) is 6. The third-order valence-corrected chi connectivity index (χ3v) is 5.91. The molecule has 8 nitrogen and oxygen atoms in total. The zero-order valence-corrected chi connectivity index (χ0v) is 16.1. The van der Waals surface area contributed by atoms with E-state index in [-0.39, 0.29) is 18.2 Å². The molecule has 0 aliphatic heterocycles. The van der Waals surface area contributed by atoms with Crippen molar-refractivity contribution in [3.63, 3.8) is 0 Å². The van der Waals surface area contributed by atoms with Gasteiger partial charge in [-0.2, -0.15) is 5.10 Å². The standard InChI is InChI=1S/C19H26N4O4/c1-5-27-17(25)11-8-13-15(12(16(20)24)9-21-23(13)10-11)22-14-6-7-19(4,26)18(14,2)3/h8-10,14,22,26H,5-7H2,1-4H3,(H2,20,24)/t14-,19-/m1/s1. The molecule has 4 N–H and O–H groups in total. The van der Waals surface area contributed by atoms with E-state index in [0.29, 0.717) is 23.2 Å². The molecule has 2 atom stereocenters. The Morgan fingerprint density at radius 1 is 1.44 bits per heavy atom. The van der Waals surface area contributed by atoms with Crippen LogP contribution >= 0.6 is 0 Å². The molecule has 0 aromatic carbocycles. The summed E-state index contributed by atoms with van der Waals surface area (Å²) in [5.41, 5.74) is 5.91. The molecule has 1 fully saturated rings. The molecule has 2 aromatic heterocycles. The van der Waals surface area contributed by atoms with Crippen LogP contribution in [-0.2, 0) is 4.74 Å². The van der Waals surface area contributed by atoms with Crippen LogP contribution in [0.2, 0.25) is 0 Å². The molecular formula is C19H26N4O4. The Hall–Kier alpha value is -2.61. The highest BCUT2D eigenvalue weighted by Gasteiger charge is 2.50. The van der Waals surface area contributed by atoms with Crippen molar-refractivity contribution >= 4 is 23.1 Å². The van der Waals surface area contributed by atoms with Crippen LogP contribution in [-0.4, -0.2) is 44.8 Å². The maximum Gasteiger partial charge on any atom is 0.339 e. The molecule has 1 aliphatic rings. The number of hydrogen-bond donors (Lipinski definition) is 3. The highest BCUT2D eigenvalue weighted by Crippen LogP contribution is 2.47. The van der Waals surface area contributed by atoms with Gasteiger partial charge in [0.05, 0.1) is 40.7 Å². The molecule has 2 aromatic rings. The second-order valence-corrected chi connectivity index (χ2v) is 7.81. The van der Waals surface area contributed by atoms with Crippen molar-refractivity contribution in [3.8, 4) is 0 Å². The third kappa shape index (κ3) is 3.14. The Labute approximate surface area is 157 Å². The SMILES string of the molecule is CCOC(=O)c1cc2c(N[C@@H]3CC[C@@](C)(O)C3(C)C)c(C(N)=O)cnn2c1. The number of nitrogens with two attached hydrogens (primary N) is 1. The number of nitrogens with zero attached hydrogens (tertiary/aromatic N) is 2. The van der Waals surface area contributed by atoms with Gasteiger partial charge in [0.15, 0.2) is 0 Å². The van der Waals surface area contributed by atoms with Gasteiger partial charge in [0.25, 0.3) is 5.91 Å². The fourth-order valence-corrected chi connectivity index (χ4v) is 3.63. The maximum atomic E-state index is 12.1. The number of carbonyl (C=O) groups is 2. The lowest BCUT2D eigenvalue weighted by Gasteiger charge is -2.38. The predicted molar refractivity (Wildman–Crippen MR) is 101 cm³/mol. The molecule has 27 heavy (non-hydrogen) atoms. The third-order valence-electron chi connectivity index (χ3n) is 5.91. The summed E-state index contributed by atoms with van der Waals surface area (Å²) in [6.07, 6.45) is 4.31. The number of aliphatic hydroxyl groups is 1. The van der Waals surface area contributed by atoms with Crippen LogP contribution in [0.4, 0.5) is 5.69 Å². The second kappa shape index (κ2) is 6.53. The number of anilines is 1. The van der Waals surface area contributed by atoms with Crippen LogP contribution < -0.4 is 11.1 Å². The first-order valence-electron chi connectivity index (χ1n) is 9.05. The van der Waals surface area contributed by atoms with Crippen LogP contribution in [0.25, 0.3) is 5.52 Å². The van der Waals surface area contributed by atoms with Gasteiger partial charge in [-0.1, -0.05) is 13.8 Å². The van der Waals surface area contributed by atoms with Crippen molar-refractivity contribution in [2.75, 3.05) is 11.9 Å². The van der Waals surface area contributed by atoms with Crippen molar-refractivity contribution in [3.05, 3.63) is 29.6 Å². The van der Waals surface area contributed by atoms with Gasteiger partial charge in [-0.25, -0.2) is 9.31 Å². The molecule has 146 valence electrons. The Kier molecular flexibility index (Phi) is 4.63. The number of ether oxygens (including phenoxy) is 1. The molecule has 0 bridgehead atoms. The summed E-state index contributed by atoms with van der Waals surface area (Å²) in [7, 11) is 0. The van der Waals surface area contributed by atoms with Crippen LogP contribution in [0.3, 0.4) is 0 Å². The van der Waals surface area contributed by atoms with Crippen LogP contribution in [0.15, 0.2) is 18.5 Å². The van der Waals surface area contributed by atoms with Gasteiger partial charge in [0.2, 0.25) is 0 Å². The Balaban J connectivity index is 2.08. The molecule has 0 saturated heterocycles. The first-order chi connectivity index (χ1) is 12.6. The van der Waals surface area contributed by atoms with E-state index in [1.54, 1.807) is 19.2 Å². The number of fused-ring (bicyclic) bond motifs is 1. The van der Waals surface area contributed by atoms with Gasteiger partial charge >= 0.3 is 5.97 Å². The summed E-state index contributed by atoms with van der Waals surface area (Å²) in [6, 6.07) is 1.54. The minimum absolute atomic E-state index is 0.0854. The van der Waals surface area contributed by atoms with Gasteiger partial charge in [0, 0.05) is 17.7 Å². The van der Waals surface area contributed by atoms with E-state index in [1.165, 1.54) is 10.7 Å². The number of esters is 1. The van der Waals surface area contributed by atoms with E-state index in [1.807, 2.05) is 20.8 Å². The fourth-order valence-electron chi connectivity index (χ4n) is 3.63.